The number of nitrogens with two attached hydrogens (primary N) is 1. The van der Waals surface area contributed by atoms with Crippen LogP contribution in [0.2, 0.25) is 0 Å². The highest BCUT2D eigenvalue weighted by Gasteiger charge is 2.19. The Morgan fingerprint density at radius 2 is 2.20 bits per heavy atom. The van der Waals surface area contributed by atoms with Gasteiger partial charge in [0.2, 0.25) is 10.0 Å². The maximum Gasteiger partial charge on any atom is 0.251 e. The van der Waals surface area contributed by atoms with Gasteiger partial charge in [-0.05, 0) is 43.5 Å². The Morgan fingerprint density at radius 1 is 1.45 bits per heavy atom. The van der Waals surface area contributed by atoms with Crippen LogP contribution in [0.1, 0.15) is 28.8 Å². The molecule has 1 saturated heterocycles. The van der Waals surface area contributed by atoms with Crippen LogP contribution < -0.4 is 10.5 Å². The topological polar surface area (TPSA) is 98.5 Å². The van der Waals surface area contributed by atoms with Gasteiger partial charge in [-0.25, -0.2) is 13.6 Å². The molecule has 3 N–H and O–H groups in total. The molecule has 0 saturated carbocycles. The summed E-state index contributed by atoms with van der Waals surface area (Å²) in [5.74, 6) is -0.223. The Balaban J connectivity index is 2.14. The first-order valence-corrected chi connectivity index (χ1v) is 7.94. The molecule has 0 aromatic heterocycles. The summed E-state index contributed by atoms with van der Waals surface area (Å²) in [4.78, 5) is 12.2. The lowest BCUT2D eigenvalue weighted by Gasteiger charge is -2.23. The second-order valence-electron chi connectivity index (χ2n) is 4.91. The average molecular weight is 298 g/mol. The van der Waals surface area contributed by atoms with Crippen LogP contribution >= 0.6 is 0 Å². The monoisotopic (exact) mass is 298 g/mol. The summed E-state index contributed by atoms with van der Waals surface area (Å²) in [6.07, 6.45) is 1.81. The molecule has 7 heteroatoms. The normalized spacial score (nSPS) is 19.6. The van der Waals surface area contributed by atoms with Crippen LogP contribution in [0.25, 0.3) is 0 Å². The molecule has 110 valence electrons. The molecule has 0 spiro atoms. The van der Waals surface area contributed by atoms with E-state index in [0.29, 0.717) is 17.7 Å². The summed E-state index contributed by atoms with van der Waals surface area (Å²) < 4.78 is 27.8. The number of ether oxygens (including phenoxy) is 1. The number of carbonyl (C=O) groups is 1. The van der Waals surface area contributed by atoms with Crippen molar-refractivity contribution in [1.82, 2.24) is 5.32 Å². The number of hydrogen-bond acceptors (Lipinski definition) is 4. The van der Waals surface area contributed by atoms with Crippen LogP contribution in [-0.4, -0.2) is 33.6 Å². The molecule has 1 fully saturated rings. The molecule has 1 unspecified atom stereocenters. The fourth-order valence-corrected chi connectivity index (χ4v) is 2.78. The smallest absolute Gasteiger partial charge is 0.251 e. The second kappa shape index (κ2) is 5.90. The molecule has 2 rings (SSSR count). The first-order chi connectivity index (χ1) is 9.38. The highest BCUT2D eigenvalue weighted by molar-refractivity contribution is 7.89. The van der Waals surface area contributed by atoms with Gasteiger partial charge in [0, 0.05) is 12.2 Å². The molecule has 20 heavy (non-hydrogen) atoms. The molecule has 1 amide bonds. The van der Waals surface area contributed by atoms with Crippen LogP contribution in [-0.2, 0) is 14.8 Å². The van der Waals surface area contributed by atoms with Crippen molar-refractivity contribution in [3.63, 3.8) is 0 Å². The van der Waals surface area contributed by atoms with Crippen molar-refractivity contribution in [1.29, 1.82) is 0 Å². The minimum Gasteiger partial charge on any atom is -0.379 e. The van der Waals surface area contributed by atoms with E-state index in [1.54, 1.807) is 6.92 Å². The van der Waals surface area contributed by atoms with Gasteiger partial charge < -0.3 is 10.1 Å². The van der Waals surface area contributed by atoms with Crippen LogP contribution in [0.15, 0.2) is 23.1 Å². The summed E-state index contributed by atoms with van der Waals surface area (Å²) in [6, 6.07) is 4.23. The Bertz CT molecular complexity index is 607. The summed E-state index contributed by atoms with van der Waals surface area (Å²) in [7, 11) is -3.75. The summed E-state index contributed by atoms with van der Waals surface area (Å²) in [5.41, 5.74) is 1.02. The lowest BCUT2D eigenvalue weighted by Crippen LogP contribution is -2.40. The van der Waals surface area contributed by atoms with Gasteiger partial charge >= 0.3 is 0 Å². The molecule has 0 aliphatic carbocycles. The molecule has 0 bridgehead atoms. The van der Waals surface area contributed by atoms with Crippen molar-refractivity contribution >= 4 is 15.9 Å². The maximum absolute atomic E-state index is 12.1. The van der Waals surface area contributed by atoms with E-state index in [2.05, 4.69) is 5.32 Å². The Kier molecular flexibility index (Phi) is 4.42. The van der Waals surface area contributed by atoms with Gasteiger partial charge in [-0.15, -0.1) is 0 Å². The van der Waals surface area contributed by atoms with E-state index in [-0.39, 0.29) is 16.8 Å². The third-order valence-corrected chi connectivity index (χ3v) is 4.18. The second-order valence-corrected chi connectivity index (χ2v) is 6.47. The number of hydrogen-bond donors (Lipinski definition) is 2. The van der Waals surface area contributed by atoms with Crippen LogP contribution in [0.4, 0.5) is 0 Å². The van der Waals surface area contributed by atoms with E-state index in [4.69, 9.17) is 9.88 Å². The van der Waals surface area contributed by atoms with Crippen molar-refractivity contribution in [2.45, 2.75) is 30.7 Å². The molecular weight excluding hydrogens is 280 g/mol. The predicted octanol–water partition coefficient (Wildman–Crippen LogP) is 0.551. The average Bonchev–Trinajstić information content (AvgIpc) is 2.38. The number of primary sulfonamides is 1. The van der Waals surface area contributed by atoms with E-state index in [9.17, 15) is 13.2 Å². The number of rotatable bonds is 3. The molecule has 1 heterocycles. The van der Waals surface area contributed by atoms with Gasteiger partial charge in [0.05, 0.1) is 17.5 Å². The van der Waals surface area contributed by atoms with Gasteiger partial charge in [-0.3, -0.25) is 4.79 Å². The highest BCUT2D eigenvalue weighted by Crippen LogP contribution is 2.15. The standard InChI is InChI=1S/C13H18N2O4S/c1-9-7-11(20(14,17)18)4-5-12(9)13(16)15-10-3-2-6-19-8-10/h4-5,7,10H,2-3,6,8H2,1H3,(H,15,16)(H2,14,17,18). The zero-order valence-corrected chi connectivity index (χ0v) is 12.1. The molecule has 1 aliphatic heterocycles. The number of amides is 1. The lowest BCUT2D eigenvalue weighted by atomic mass is 10.1. The summed E-state index contributed by atoms with van der Waals surface area (Å²) >= 11 is 0. The first-order valence-electron chi connectivity index (χ1n) is 6.40. The largest absolute Gasteiger partial charge is 0.379 e. The molecule has 0 radical (unpaired) electrons. The van der Waals surface area contributed by atoms with E-state index < -0.39 is 10.0 Å². The molecule has 1 aromatic carbocycles. The van der Waals surface area contributed by atoms with E-state index in [0.717, 1.165) is 19.4 Å². The fraction of sp³-hybridized carbons (Fsp3) is 0.462. The van der Waals surface area contributed by atoms with Crippen LogP contribution in [0.5, 0.6) is 0 Å². The zero-order chi connectivity index (χ0) is 14.8. The van der Waals surface area contributed by atoms with Gasteiger partial charge in [0.25, 0.3) is 5.91 Å². The van der Waals surface area contributed by atoms with Crippen molar-refractivity contribution in [3.8, 4) is 0 Å². The zero-order valence-electron chi connectivity index (χ0n) is 11.3. The van der Waals surface area contributed by atoms with Gasteiger partial charge in [0.15, 0.2) is 0 Å². The number of nitrogens with one attached hydrogen (secondary N) is 1. The molecule has 1 aromatic rings. The van der Waals surface area contributed by atoms with Gasteiger partial charge in [-0.2, -0.15) is 0 Å². The number of benzene rings is 1. The Morgan fingerprint density at radius 3 is 2.75 bits per heavy atom. The van der Waals surface area contributed by atoms with Crippen molar-refractivity contribution in [2.24, 2.45) is 5.14 Å². The predicted molar refractivity (Wildman–Crippen MR) is 73.9 cm³/mol. The third kappa shape index (κ3) is 3.56. The first kappa shape index (κ1) is 15.0. The molecule has 6 nitrogen and oxygen atoms in total. The maximum atomic E-state index is 12.1. The van der Waals surface area contributed by atoms with E-state index in [1.807, 2.05) is 0 Å². The number of carbonyl (C=O) groups excluding carboxylic acids is 1. The van der Waals surface area contributed by atoms with Crippen LogP contribution in [0.3, 0.4) is 0 Å². The van der Waals surface area contributed by atoms with E-state index in [1.165, 1.54) is 18.2 Å². The van der Waals surface area contributed by atoms with Crippen molar-refractivity contribution < 1.29 is 17.9 Å². The van der Waals surface area contributed by atoms with Gasteiger partial charge in [-0.1, -0.05) is 0 Å². The minimum absolute atomic E-state index is 0.00699. The SMILES string of the molecule is Cc1cc(S(N)(=O)=O)ccc1C(=O)NC1CCCOC1. The molecular formula is C13H18N2O4S. The third-order valence-electron chi connectivity index (χ3n) is 3.27. The van der Waals surface area contributed by atoms with Gasteiger partial charge in [0.1, 0.15) is 0 Å². The summed E-state index contributed by atoms with van der Waals surface area (Å²) in [6.45, 7) is 2.93. The highest BCUT2D eigenvalue weighted by atomic mass is 32.2. The summed E-state index contributed by atoms with van der Waals surface area (Å²) in [5, 5.41) is 7.95. The molecule has 1 atom stereocenters. The number of aryl methyl sites for hydroxylation is 1. The molecule has 1 aliphatic rings. The Hall–Kier alpha value is -1.44. The van der Waals surface area contributed by atoms with E-state index >= 15 is 0 Å². The Labute approximate surface area is 118 Å². The fourth-order valence-electron chi connectivity index (χ4n) is 2.19. The van der Waals surface area contributed by atoms with Crippen molar-refractivity contribution in [2.75, 3.05) is 13.2 Å². The van der Waals surface area contributed by atoms with Crippen molar-refractivity contribution in [3.05, 3.63) is 29.3 Å². The van der Waals surface area contributed by atoms with Crippen LogP contribution in [0, 0.1) is 6.92 Å². The number of sulfonamides is 1. The minimum atomic E-state index is -3.75. The lowest BCUT2D eigenvalue weighted by molar-refractivity contribution is 0.0624. The quantitative estimate of drug-likeness (QED) is 0.851.